The Morgan fingerprint density at radius 1 is 1.28 bits per heavy atom. The molecule has 0 radical (unpaired) electrons. The Labute approximate surface area is 147 Å². The molecule has 1 aliphatic rings. The number of furan rings is 1. The molecule has 0 saturated heterocycles. The van der Waals surface area contributed by atoms with Crippen molar-refractivity contribution in [3.63, 3.8) is 0 Å². The van der Waals surface area contributed by atoms with E-state index >= 15 is 0 Å². The SMILES string of the molecule is COc1ccc(CNC(=O)c2coc(CN)c2)cc1OC1CCCC1. The van der Waals surface area contributed by atoms with Crippen molar-refractivity contribution < 1.29 is 18.7 Å². The number of carbonyl (C=O) groups is 1. The van der Waals surface area contributed by atoms with Crippen LogP contribution in [-0.2, 0) is 13.1 Å². The van der Waals surface area contributed by atoms with Crippen molar-refractivity contribution in [2.75, 3.05) is 7.11 Å². The smallest absolute Gasteiger partial charge is 0.254 e. The van der Waals surface area contributed by atoms with Gasteiger partial charge in [0, 0.05) is 6.54 Å². The van der Waals surface area contributed by atoms with E-state index in [9.17, 15) is 4.79 Å². The van der Waals surface area contributed by atoms with E-state index in [0.717, 1.165) is 24.2 Å². The van der Waals surface area contributed by atoms with Crippen molar-refractivity contribution in [3.05, 3.63) is 47.4 Å². The van der Waals surface area contributed by atoms with E-state index in [-0.39, 0.29) is 18.6 Å². The van der Waals surface area contributed by atoms with Gasteiger partial charge in [-0.15, -0.1) is 0 Å². The number of hydrogen-bond donors (Lipinski definition) is 2. The summed E-state index contributed by atoms with van der Waals surface area (Å²) >= 11 is 0. The number of nitrogens with two attached hydrogens (primary N) is 1. The number of methoxy groups -OCH3 is 1. The van der Waals surface area contributed by atoms with Crippen LogP contribution < -0.4 is 20.5 Å². The number of hydrogen-bond acceptors (Lipinski definition) is 5. The minimum absolute atomic E-state index is 0.197. The van der Waals surface area contributed by atoms with Crippen LogP contribution in [-0.4, -0.2) is 19.1 Å². The lowest BCUT2D eigenvalue weighted by atomic mass is 10.2. The van der Waals surface area contributed by atoms with Gasteiger partial charge in [0.05, 0.1) is 25.3 Å². The number of amides is 1. The summed E-state index contributed by atoms with van der Waals surface area (Å²) in [5.74, 6) is 1.83. The molecule has 1 heterocycles. The lowest BCUT2D eigenvalue weighted by Gasteiger charge is -2.17. The molecule has 0 bridgehead atoms. The van der Waals surface area contributed by atoms with Crippen molar-refractivity contribution in [1.82, 2.24) is 5.32 Å². The number of rotatable bonds is 7. The van der Waals surface area contributed by atoms with Crippen LogP contribution in [0, 0.1) is 0 Å². The third-order valence-corrected chi connectivity index (χ3v) is 4.39. The van der Waals surface area contributed by atoms with E-state index in [2.05, 4.69) is 5.32 Å². The first-order valence-corrected chi connectivity index (χ1v) is 8.59. The fourth-order valence-electron chi connectivity index (χ4n) is 3.00. The molecule has 6 heteroatoms. The number of carbonyl (C=O) groups excluding carboxylic acids is 1. The number of ether oxygens (including phenoxy) is 2. The first kappa shape index (κ1) is 17.4. The Kier molecular flexibility index (Phi) is 5.60. The van der Waals surface area contributed by atoms with Gasteiger partial charge < -0.3 is 24.9 Å². The van der Waals surface area contributed by atoms with Gasteiger partial charge in [-0.2, -0.15) is 0 Å². The van der Waals surface area contributed by atoms with Gasteiger partial charge >= 0.3 is 0 Å². The molecular formula is C19H24N2O4. The van der Waals surface area contributed by atoms with Crippen LogP contribution in [0.3, 0.4) is 0 Å². The van der Waals surface area contributed by atoms with Gasteiger partial charge in [0.1, 0.15) is 12.0 Å². The first-order valence-electron chi connectivity index (χ1n) is 8.59. The van der Waals surface area contributed by atoms with Crippen molar-refractivity contribution in [2.45, 2.75) is 44.9 Å². The molecule has 1 aromatic carbocycles. The van der Waals surface area contributed by atoms with E-state index in [0.29, 0.717) is 23.6 Å². The van der Waals surface area contributed by atoms with E-state index in [1.165, 1.54) is 19.1 Å². The van der Waals surface area contributed by atoms with Crippen molar-refractivity contribution in [1.29, 1.82) is 0 Å². The molecule has 2 aromatic rings. The molecule has 1 aliphatic carbocycles. The molecule has 134 valence electrons. The summed E-state index contributed by atoms with van der Waals surface area (Å²) < 4.78 is 16.7. The summed E-state index contributed by atoms with van der Waals surface area (Å²) in [4.78, 5) is 12.2. The van der Waals surface area contributed by atoms with Crippen molar-refractivity contribution in [3.8, 4) is 11.5 Å². The third kappa shape index (κ3) is 4.33. The molecule has 0 unspecified atom stereocenters. The molecule has 6 nitrogen and oxygen atoms in total. The topological polar surface area (TPSA) is 86.7 Å². The van der Waals surface area contributed by atoms with Crippen LogP contribution in [0.2, 0.25) is 0 Å². The Morgan fingerprint density at radius 3 is 2.76 bits per heavy atom. The highest BCUT2D eigenvalue weighted by molar-refractivity contribution is 5.93. The Balaban J connectivity index is 1.64. The molecular weight excluding hydrogens is 320 g/mol. The highest BCUT2D eigenvalue weighted by Gasteiger charge is 2.19. The maximum absolute atomic E-state index is 12.2. The molecule has 0 spiro atoms. The summed E-state index contributed by atoms with van der Waals surface area (Å²) in [5.41, 5.74) is 6.91. The summed E-state index contributed by atoms with van der Waals surface area (Å²) in [7, 11) is 1.63. The molecule has 0 aliphatic heterocycles. The lowest BCUT2D eigenvalue weighted by Crippen LogP contribution is -2.22. The standard InChI is InChI=1S/C19H24N2O4/c1-23-17-7-6-13(8-18(17)25-15-4-2-3-5-15)11-21-19(22)14-9-16(10-20)24-12-14/h6-9,12,15H,2-5,10-11,20H2,1H3,(H,21,22). The van der Waals surface area contributed by atoms with E-state index in [1.807, 2.05) is 18.2 Å². The van der Waals surface area contributed by atoms with Crippen molar-refractivity contribution in [2.24, 2.45) is 5.73 Å². The number of benzene rings is 1. The Hall–Kier alpha value is -2.47. The largest absolute Gasteiger partial charge is 0.493 e. The summed E-state index contributed by atoms with van der Waals surface area (Å²) in [5, 5.41) is 2.87. The van der Waals surface area contributed by atoms with E-state index < -0.39 is 0 Å². The third-order valence-electron chi connectivity index (χ3n) is 4.39. The quantitative estimate of drug-likeness (QED) is 0.806. The maximum Gasteiger partial charge on any atom is 0.254 e. The van der Waals surface area contributed by atoms with Crippen LogP contribution in [0.15, 0.2) is 34.9 Å². The monoisotopic (exact) mass is 344 g/mol. The van der Waals surface area contributed by atoms with Crippen molar-refractivity contribution >= 4 is 5.91 Å². The predicted molar refractivity (Wildman–Crippen MR) is 93.6 cm³/mol. The summed E-state index contributed by atoms with van der Waals surface area (Å²) in [6, 6.07) is 7.37. The summed E-state index contributed by atoms with van der Waals surface area (Å²) in [6.45, 7) is 0.667. The van der Waals surface area contributed by atoms with E-state index in [4.69, 9.17) is 19.6 Å². The maximum atomic E-state index is 12.2. The van der Waals surface area contributed by atoms with Crippen LogP contribution in [0.5, 0.6) is 11.5 Å². The second-order valence-corrected chi connectivity index (χ2v) is 6.20. The zero-order valence-corrected chi connectivity index (χ0v) is 14.4. The fourth-order valence-corrected chi connectivity index (χ4v) is 3.00. The zero-order valence-electron chi connectivity index (χ0n) is 14.4. The van der Waals surface area contributed by atoms with Crippen LogP contribution in [0.1, 0.15) is 47.4 Å². The summed E-state index contributed by atoms with van der Waals surface area (Å²) in [6.07, 6.45) is 6.23. The molecule has 1 amide bonds. The molecule has 3 N–H and O–H groups in total. The highest BCUT2D eigenvalue weighted by atomic mass is 16.5. The second-order valence-electron chi connectivity index (χ2n) is 6.20. The molecule has 25 heavy (non-hydrogen) atoms. The normalized spacial score (nSPS) is 14.5. The minimum atomic E-state index is -0.197. The molecule has 0 atom stereocenters. The molecule has 1 saturated carbocycles. The zero-order chi connectivity index (χ0) is 17.6. The van der Waals surface area contributed by atoms with Crippen LogP contribution >= 0.6 is 0 Å². The Bertz CT molecular complexity index is 720. The second kappa shape index (κ2) is 8.07. The number of nitrogens with one attached hydrogen (secondary N) is 1. The van der Waals surface area contributed by atoms with Gasteiger partial charge in [0.2, 0.25) is 0 Å². The van der Waals surface area contributed by atoms with Crippen LogP contribution in [0.4, 0.5) is 0 Å². The van der Waals surface area contributed by atoms with Gasteiger partial charge in [-0.25, -0.2) is 0 Å². The minimum Gasteiger partial charge on any atom is -0.493 e. The van der Waals surface area contributed by atoms with Crippen LogP contribution in [0.25, 0.3) is 0 Å². The fraction of sp³-hybridized carbons (Fsp3) is 0.421. The average molecular weight is 344 g/mol. The first-order chi connectivity index (χ1) is 12.2. The highest BCUT2D eigenvalue weighted by Crippen LogP contribution is 2.32. The van der Waals surface area contributed by atoms with Gasteiger partial charge in [-0.3, -0.25) is 4.79 Å². The average Bonchev–Trinajstić information content (AvgIpc) is 3.31. The lowest BCUT2D eigenvalue weighted by molar-refractivity contribution is 0.0950. The van der Waals surface area contributed by atoms with Gasteiger partial charge in [0.25, 0.3) is 5.91 Å². The predicted octanol–water partition coefficient (Wildman–Crippen LogP) is 3.00. The molecule has 3 rings (SSSR count). The van der Waals surface area contributed by atoms with Gasteiger partial charge in [-0.1, -0.05) is 6.07 Å². The molecule has 1 aromatic heterocycles. The van der Waals surface area contributed by atoms with Gasteiger partial charge in [0.15, 0.2) is 11.5 Å². The Morgan fingerprint density at radius 2 is 2.08 bits per heavy atom. The van der Waals surface area contributed by atoms with E-state index in [1.54, 1.807) is 13.2 Å². The molecule has 1 fully saturated rings. The van der Waals surface area contributed by atoms with Gasteiger partial charge in [-0.05, 0) is 49.4 Å².